The lowest BCUT2D eigenvalue weighted by Gasteiger charge is -2.30. The summed E-state index contributed by atoms with van der Waals surface area (Å²) in [5.41, 5.74) is 0.929. The topological polar surface area (TPSA) is 153 Å². The van der Waals surface area contributed by atoms with E-state index in [9.17, 15) is 28.4 Å². The number of likely N-dealkylation sites (tertiary alicyclic amines) is 1. The third kappa shape index (κ3) is 6.98. The van der Waals surface area contributed by atoms with Gasteiger partial charge in [-0.1, -0.05) is 32.6 Å². The van der Waals surface area contributed by atoms with Crippen molar-refractivity contribution < 1.29 is 32.7 Å². The Balaban J connectivity index is 1.75. The Morgan fingerprint density at radius 1 is 1.21 bits per heavy atom. The Morgan fingerprint density at radius 2 is 1.87 bits per heavy atom. The normalized spacial score (nSPS) is 16.5. The van der Waals surface area contributed by atoms with Crippen molar-refractivity contribution in [2.24, 2.45) is 5.92 Å². The fraction of sp³-hybridized carbons (Fsp3) is 0.462. The van der Waals surface area contributed by atoms with Crippen molar-refractivity contribution in [1.82, 2.24) is 25.3 Å². The smallest absolute Gasteiger partial charge is 0.437 e. The highest BCUT2D eigenvalue weighted by atomic mass is 19.1. The molecular weight excluding hydrogens is 513 g/mol. The molecule has 1 aliphatic heterocycles. The van der Waals surface area contributed by atoms with E-state index in [-0.39, 0.29) is 13.1 Å². The molecule has 13 heteroatoms. The van der Waals surface area contributed by atoms with Crippen LogP contribution in [-0.4, -0.2) is 70.2 Å². The Morgan fingerprint density at radius 3 is 2.46 bits per heavy atom. The second kappa shape index (κ2) is 12.5. The number of rotatable bonds is 10. The molecule has 1 aromatic heterocycles. The van der Waals surface area contributed by atoms with Gasteiger partial charge in [0.25, 0.3) is 5.89 Å². The number of amides is 3. The number of nitrogens with zero attached hydrogens (tertiary/aromatic N) is 3. The number of methoxy groups -OCH3 is 1. The molecule has 210 valence electrons. The molecule has 1 aromatic carbocycles. The molecule has 2 heterocycles. The van der Waals surface area contributed by atoms with Crippen molar-refractivity contribution in [3.63, 3.8) is 0 Å². The number of hydrogen-bond donors (Lipinski definition) is 2. The maximum absolute atomic E-state index is 13.3. The monoisotopic (exact) mass is 545 g/mol. The zero-order chi connectivity index (χ0) is 28.9. The highest BCUT2D eigenvalue weighted by Gasteiger charge is 2.40. The summed E-state index contributed by atoms with van der Waals surface area (Å²) < 4.78 is 23.8. The molecule has 1 saturated heterocycles. The molecule has 0 radical (unpaired) electrons. The molecule has 3 atom stereocenters. The Hall–Kier alpha value is -4.29. The minimum Gasteiger partial charge on any atom is -0.453 e. The van der Waals surface area contributed by atoms with Crippen LogP contribution in [0.3, 0.4) is 0 Å². The summed E-state index contributed by atoms with van der Waals surface area (Å²) in [6.07, 6.45) is 0.0647. The SMILES string of the molecule is C=C(C)[C@H](NC(=O)OC)C(=O)N1CCC[C@H]1C(=O)N[C@H](C(=O)c1nn(Cc2ccc(F)cc2)c(=O)o1)C(C)C. The molecule has 3 rings (SSSR count). The standard InChI is InChI=1S/C26H32FN5O7/c1-14(2)19(21(33)23-30-32(26(37)39-23)13-16-8-10-17(27)11-9-16)28-22(34)18-7-6-12-31(18)24(35)20(15(3)4)29-25(36)38-5/h8-11,14,18-20H,3,6-7,12-13H2,1-2,4-5H3,(H,28,34)(H,29,36)/t18-,19-,20-/m0/s1. The first-order valence-corrected chi connectivity index (χ1v) is 12.4. The summed E-state index contributed by atoms with van der Waals surface area (Å²) in [4.78, 5) is 65.1. The number of Topliss-reactive ketones (excluding diaryl/α,β-unsaturated/α-hetero) is 1. The lowest BCUT2D eigenvalue weighted by Crippen LogP contribution is -2.56. The number of carbonyl (C=O) groups excluding carboxylic acids is 4. The second-order valence-corrected chi connectivity index (χ2v) is 9.66. The molecule has 39 heavy (non-hydrogen) atoms. The van der Waals surface area contributed by atoms with Crippen LogP contribution in [0.15, 0.2) is 45.6 Å². The van der Waals surface area contributed by atoms with Crippen molar-refractivity contribution >= 4 is 23.7 Å². The highest BCUT2D eigenvalue weighted by Crippen LogP contribution is 2.21. The summed E-state index contributed by atoms with van der Waals surface area (Å²) in [5, 5.41) is 9.07. The summed E-state index contributed by atoms with van der Waals surface area (Å²) in [6.45, 7) is 8.94. The highest BCUT2D eigenvalue weighted by molar-refractivity contribution is 6.00. The van der Waals surface area contributed by atoms with Crippen molar-refractivity contribution in [2.45, 2.75) is 58.3 Å². The zero-order valence-electron chi connectivity index (χ0n) is 22.2. The van der Waals surface area contributed by atoms with Crippen LogP contribution < -0.4 is 16.4 Å². The van der Waals surface area contributed by atoms with Gasteiger partial charge in [0.1, 0.15) is 17.9 Å². The van der Waals surface area contributed by atoms with Gasteiger partial charge >= 0.3 is 11.8 Å². The molecular formula is C26H32FN5O7. The van der Waals surface area contributed by atoms with Gasteiger partial charge in [-0.15, -0.1) is 5.10 Å². The number of ether oxygens (including phenoxy) is 1. The molecule has 0 unspecified atom stereocenters. The molecule has 2 N–H and O–H groups in total. The third-order valence-corrected chi connectivity index (χ3v) is 6.34. The summed E-state index contributed by atoms with van der Waals surface area (Å²) in [7, 11) is 1.17. The quantitative estimate of drug-likeness (QED) is 0.338. The maximum Gasteiger partial charge on any atom is 0.437 e. The van der Waals surface area contributed by atoms with Gasteiger partial charge in [0.2, 0.25) is 17.6 Å². The van der Waals surface area contributed by atoms with Crippen LogP contribution in [0.5, 0.6) is 0 Å². The number of carbonyl (C=O) groups is 4. The van der Waals surface area contributed by atoms with E-state index < -0.39 is 65.2 Å². The van der Waals surface area contributed by atoms with Crippen LogP contribution in [0.1, 0.15) is 49.9 Å². The molecule has 2 aromatic rings. The number of alkyl carbamates (subject to hydrolysis) is 1. The molecule has 1 aliphatic rings. The van der Waals surface area contributed by atoms with E-state index in [2.05, 4.69) is 27.0 Å². The number of halogens is 1. The van der Waals surface area contributed by atoms with Crippen LogP contribution >= 0.6 is 0 Å². The van der Waals surface area contributed by atoms with E-state index in [0.29, 0.717) is 24.0 Å². The van der Waals surface area contributed by atoms with Crippen molar-refractivity contribution in [1.29, 1.82) is 0 Å². The Bertz CT molecular complexity index is 1300. The van der Waals surface area contributed by atoms with Crippen LogP contribution in [-0.2, 0) is 20.9 Å². The summed E-state index contributed by atoms with van der Waals surface area (Å²) >= 11 is 0. The average molecular weight is 546 g/mol. The van der Waals surface area contributed by atoms with Gasteiger partial charge in [0.05, 0.1) is 19.7 Å². The molecule has 0 saturated carbocycles. The van der Waals surface area contributed by atoms with Gasteiger partial charge in [0.15, 0.2) is 0 Å². The average Bonchev–Trinajstić information content (AvgIpc) is 3.53. The predicted molar refractivity (Wildman–Crippen MR) is 136 cm³/mol. The Kier molecular flexibility index (Phi) is 9.38. The first kappa shape index (κ1) is 29.3. The maximum atomic E-state index is 13.3. The predicted octanol–water partition coefficient (Wildman–Crippen LogP) is 1.64. The van der Waals surface area contributed by atoms with Gasteiger partial charge < -0.3 is 24.7 Å². The van der Waals surface area contributed by atoms with Gasteiger partial charge in [-0.25, -0.2) is 14.0 Å². The number of nitrogens with one attached hydrogen (secondary N) is 2. The molecule has 0 aliphatic carbocycles. The number of ketones is 1. The molecule has 12 nitrogen and oxygen atoms in total. The van der Waals surface area contributed by atoms with Crippen LogP contribution in [0.2, 0.25) is 0 Å². The molecule has 3 amide bonds. The van der Waals surface area contributed by atoms with Gasteiger partial charge in [0, 0.05) is 6.54 Å². The first-order chi connectivity index (χ1) is 18.4. The van der Waals surface area contributed by atoms with Crippen molar-refractivity contribution in [3.8, 4) is 0 Å². The van der Waals surface area contributed by atoms with Crippen molar-refractivity contribution in [2.75, 3.05) is 13.7 Å². The van der Waals surface area contributed by atoms with E-state index in [1.807, 2.05) is 0 Å². The molecule has 1 fully saturated rings. The van der Waals surface area contributed by atoms with Gasteiger partial charge in [-0.05, 0) is 49.0 Å². The van der Waals surface area contributed by atoms with Gasteiger partial charge in [-0.2, -0.15) is 4.68 Å². The van der Waals surface area contributed by atoms with Crippen LogP contribution in [0, 0.1) is 11.7 Å². The van der Waals surface area contributed by atoms with E-state index >= 15 is 0 Å². The van der Waals surface area contributed by atoms with Crippen molar-refractivity contribution in [3.05, 3.63) is 64.2 Å². The third-order valence-electron chi connectivity index (χ3n) is 6.34. The van der Waals surface area contributed by atoms with E-state index in [1.165, 1.54) is 36.3 Å². The van der Waals surface area contributed by atoms with E-state index in [0.717, 1.165) is 4.68 Å². The minimum absolute atomic E-state index is 0.0444. The summed E-state index contributed by atoms with van der Waals surface area (Å²) in [5.74, 6) is -4.02. The number of hydrogen-bond acceptors (Lipinski definition) is 8. The molecule has 0 bridgehead atoms. The first-order valence-electron chi connectivity index (χ1n) is 12.4. The fourth-order valence-corrected chi connectivity index (χ4v) is 4.23. The summed E-state index contributed by atoms with van der Waals surface area (Å²) in [6, 6.07) is 2.34. The van der Waals surface area contributed by atoms with E-state index in [1.54, 1.807) is 20.8 Å². The van der Waals surface area contributed by atoms with E-state index in [4.69, 9.17) is 4.42 Å². The van der Waals surface area contributed by atoms with Gasteiger partial charge in [-0.3, -0.25) is 14.4 Å². The largest absolute Gasteiger partial charge is 0.453 e. The number of aromatic nitrogens is 2. The lowest BCUT2D eigenvalue weighted by molar-refractivity contribution is -0.139. The van der Waals surface area contributed by atoms with Crippen LogP contribution in [0.25, 0.3) is 0 Å². The second-order valence-electron chi connectivity index (χ2n) is 9.66. The number of benzene rings is 1. The lowest BCUT2D eigenvalue weighted by atomic mass is 9.99. The molecule has 0 spiro atoms. The fourth-order valence-electron chi connectivity index (χ4n) is 4.23. The Labute approximate surface area is 224 Å². The van der Waals surface area contributed by atoms with Crippen LogP contribution in [0.4, 0.5) is 9.18 Å². The zero-order valence-corrected chi connectivity index (χ0v) is 22.2. The minimum atomic E-state index is -1.10.